The summed E-state index contributed by atoms with van der Waals surface area (Å²) in [4.78, 5) is 12.5. The van der Waals surface area contributed by atoms with Gasteiger partial charge in [0, 0.05) is 6.07 Å². The monoisotopic (exact) mass is 434 g/mol. The van der Waals surface area contributed by atoms with Gasteiger partial charge in [-0.3, -0.25) is 4.79 Å². The summed E-state index contributed by atoms with van der Waals surface area (Å²) in [5, 5.41) is 4.99. The number of hydrogen-bond donors (Lipinski definition) is 2. The standard InChI is InChI=1S/C17H12BrN3O4S/c18-15-9-3-2-8-12(13(9)20-21-15)17(26-14(8)16(19)22)25-7-1-4-10-11(5-7)24-6-23-10/h1,4-5H,2-3,6H2,(H2,19,22)(H,20,21)/p+1. The predicted molar refractivity (Wildman–Crippen MR) is 99.0 cm³/mol. The number of carbonyl (C=O) groups excluding carboxylic acids is 1. The number of ether oxygens (including phenoxy) is 3. The number of allylic oxidation sites excluding steroid dienone is 1. The fraction of sp³-hybridized carbons (Fsp3) is 0.176. The Morgan fingerprint density at radius 1 is 1.31 bits per heavy atom. The second kappa shape index (κ2) is 5.83. The van der Waals surface area contributed by atoms with Gasteiger partial charge in [0.15, 0.2) is 26.9 Å². The normalized spacial score (nSPS) is 17.0. The van der Waals surface area contributed by atoms with Gasteiger partial charge >= 0.3 is 0 Å². The average Bonchev–Trinajstić information content (AvgIpc) is 3.32. The minimum atomic E-state index is -0.436. The Labute approximate surface area is 160 Å². The molecule has 9 heteroatoms. The zero-order chi connectivity index (χ0) is 17.8. The first kappa shape index (κ1) is 15.9. The van der Waals surface area contributed by atoms with E-state index < -0.39 is 5.91 Å². The number of halogens is 1. The van der Waals surface area contributed by atoms with Gasteiger partial charge < -0.3 is 19.9 Å². The van der Waals surface area contributed by atoms with E-state index in [-0.39, 0.29) is 6.79 Å². The van der Waals surface area contributed by atoms with Crippen LogP contribution in [0.1, 0.15) is 27.2 Å². The predicted octanol–water partition coefficient (Wildman–Crippen LogP) is 2.31. The molecule has 2 aliphatic heterocycles. The summed E-state index contributed by atoms with van der Waals surface area (Å²) in [7, 11) is 0. The van der Waals surface area contributed by atoms with E-state index in [0.29, 0.717) is 27.2 Å². The molecule has 0 fully saturated rings. The van der Waals surface area contributed by atoms with Crippen LogP contribution in [0.25, 0.3) is 5.70 Å². The van der Waals surface area contributed by atoms with Gasteiger partial charge in [0.1, 0.15) is 5.75 Å². The number of carbonyl (C=O) groups is 1. The highest BCUT2D eigenvalue weighted by Crippen LogP contribution is 2.46. The molecule has 132 valence electrons. The minimum Gasteiger partial charge on any atom is -0.454 e. The lowest BCUT2D eigenvalue weighted by Crippen LogP contribution is -2.73. The minimum absolute atomic E-state index is 0.204. The first-order valence-electron chi connectivity index (χ1n) is 7.95. The van der Waals surface area contributed by atoms with Gasteiger partial charge in [-0.2, -0.15) is 5.43 Å². The molecule has 1 aromatic carbocycles. The van der Waals surface area contributed by atoms with Crippen molar-refractivity contribution in [1.82, 2.24) is 0 Å². The fourth-order valence-corrected chi connectivity index (χ4v) is 4.96. The van der Waals surface area contributed by atoms with E-state index in [0.717, 1.165) is 39.9 Å². The van der Waals surface area contributed by atoms with E-state index in [4.69, 9.17) is 19.9 Å². The number of thiophene rings is 1. The Morgan fingerprint density at radius 2 is 2.15 bits per heavy atom. The molecule has 0 saturated carbocycles. The van der Waals surface area contributed by atoms with Crippen LogP contribution in [0.5, 0.6) is 22.3 Å². The number of fused-ring (bicyclic) bond motifs is 3. The van der Waals surface area contributed by atoms with Crippen molar-refractivity contribution in [2.45, 2.75) is 12.8 Å². The molecule has 0 unspecified atom stereocenters. The van der Waals surface area contributed by atoms with Crippen molar-refractivity contribution < 1.29 is 24.4 Å². The van der Waals surface area contributed by atoms with E-state index >= 15 is 0 Å². The van der Waals surface area contributed by atoms with E-state index in [9.17, 15) is 4.79 Å². The van der Waals surface area contributed by atoms with E-state index in [1.54, 1.807) is 17.6 Å². The van der Waals surface area contributed by atoms with Crippen LogP contribution in [-0.4, -0.2) is 17.3 Å². The van der Waals surface area contributed by atoms with Crippen LogP contribution in [0.3, 0.4) is 0 Å². The number of rotatable bonds is 3. The maximum Gasteiger partial charge on any atom is 0.259 e. The summed E-state index contributed by atoms with van der Waals surface area (Å²) in [5.41, 5.74) is 11.4. The van der Waals surface area contributed by atoms with E-state index in [2.05, 4.69) is 21.0 Å². The zero-order valence-corrected chi connectivity index (χ0v) is 15.8. The molecule has 26 heavy (non-hydrogen) atoms. The number of quaternary nitrogens is 1. The molecule has 3 aliphatic rings. The average molecular weight is 435 g/mol. The van der Waals surface area contributed by atoms with Crippen molar-refractivity contribution in [2.75, 3.05) is 6.79 Å². The molecule has 1 aromatic heterocycles. The van der Waals surface area contributed by atoms with Crippen LogP contribution in [0.15, 0.2) is 28.9 Å². The van der Waals surface area contributed by atoms with Gasteiger partial charge in [0.2, 0.25) is 6.79 Å². The summed E-state index contributed by atoms with van der Waals surface area (Å²) in [6.07, 6.45) is 1.54. The molecule has 3 heterocycles. The maximum atomic E-state index is 11.9. The molecule has 0 atom stereocenters. The Hall–Kier alpha value is -2.36. The summed E-state index contributed by atoms with van der Waals surface area (Å²) in [5.74, 6) is 1.50. The zero-order valence-electron chi connectivity index (χ0n) is 13.4. The Bertz CT molecular complexity index is 1030. The molecule has 0 saturated heterocycles. The topological polar surface area (TPSA) is 99.8 Å². The number of hydrogen-bond acceptors (Lipinski definition) is 6. The SMILES string of the molecule is NC(=O)c1sc(Oc2ccc3c(c2)OCO3)c2c1CCC1=C2[NH2+]N=C1Br. The van der Waals surface area contributed by atoms with Crippen molar-refractivity contribution in [3.8, 4) is 22.3 Å². The maximum absolute atomic E-state index is 11.9. The van der Waals surface area contributed by atoms with Crippen molar-refractivity contribution in [2.24, 2.45) is 10.8 Å². The summed E-state index contributed by atoms with van der Waals surface area (Å²) >= 11 is 4.77. The van der Waals surface area contributed by atoms with Crippen molar-refractivity contribution in [3.63, 3.8) is 0 Å². The number of primary amides is 1. The molecule has 5 rings (SSSR count). The molecule has 2 aromatic rings. The molecule has 0 radical (unpaired) electrons. The molecular weight excluding hydrogens is 422 g/mol. The van der Waals surface area contributed by atoms with Gasteiger partial charge in [0.05, 0.1) is 16.0 Å². The van der Waals surface area contributed by atoms with Crippen molar-refractivity contribution in [3.05, 3.63) is 39.8 Å². The van der Waals surface area contributed by atoms with Gasteiger partial charge in [0.25, 0.3) is 5.91 Å². The highest BCUT2D eigenvalue weighted by atomic mass is 79.9. The Kier molecular flexibility index (Phi) is 3.56. The summed E-state index contributed by atoms with van der Waals surface area (Å²) in [6.45, 7) is 0.204. The van der Waals surface area contributed by atoms with Gasteiger partial charge in [-0.25, -0.2) is 0 Å². The smallest absolute Gasteiger partial charge is 0.259 e. The first-order valence-corrected chi connectivity index (χ1v) is 9.56. The van der Waals surface area contributed by atoms with Crippen LogP contribution in [-0.2, 0) is 6.42 Å². The lowest BCUT2D eigenvalue weighted by molar-refractivity contribution is -0.565. The van der Waals surface area contributed by atoms with E-state index in [1.807, 2.05) is 6.07 Å². The Morgan fingerprint density at radius 3 is 3.00 bits per heavy atom. The second-order valence-electron chi connectivity index (χ2n) is 5.99. The molecule has 1 aliphatic carbocycles. The second-order valence-corrected chi connectivity index (χ2v) is 7.73. The van der Waals surface area contributed by atoms with Crippen LogP contribution in [0.2, 0.25) is 0 Å². The summed E-state index contributed by atoms with van der Waals surface area (Å²) < 4.78 is 17.7. The molecule has 0 bridgehead atoms. The quantitative estimate of drug-likeness (QED) is 0.723. The summed E-state index contributed by atoms with van der Waals surface area (Å²) in [6, 6.07) is 5.40. The third-order valence-corrected chi connectivity index (χ3v) is 6.34. The third-order valence-electron chi connectivity index (χ3n) is 4.53. The molecule has 1 amide bonds. The third kappa shape index (κ3) is 2.35. The van der Waals surface area contributed by atoms with Gasteiger partial charge in [-0.1, -0.05) is 16.4 Å². The molecule has 7 nitrogen and oxygen atoms in total. The van der Waals surface area contributed by atoms with Gasteiger partial charge in [-0.05, 0) is 46.5 Å². The highest BCUT2D eigenvalue weighted by Gasteiger charge is 2.37. The van der Waals surface area contributed by atoms with Crippen LogP contribution >= 0.6 is 27.3 Å². The van der Waals surface area contributed by atoms with Crippen LogP contribution < -0.4 is 25.4 Å². The lowest BCUT2D eigenvalue weighted by Gasteiger charge is -2.13. The number of amides is 1. The molecule has 4 N–H and O–H groups in total. The van der Waals surface area contributed by atoms with E-state index in [1.165, 1.54) is 11.3 Å². The van der Waals surface area contributed by atoms with Gasteiger partial charge in [-0.15, -0.1) is 0 Å². The van der Waals surface area contributed by atoms with Crippen molar-refractivity contribution in [1.29, 1.82) is 0 Å². The largest absolute Gasteiger partial charge is 0.454 e. The lowest BCUT2D eigenvalue weighted by atomic mass is 9.91. The Balaban J connectivity index is 1.60. The number of nitrogens with zero attached hydrogens (tertiary/aromatic N) is 1. The van der Waals surface area contributed by atoms with Crippen molar-refractivity contribution >= 4 is 43.5 Å². The van der Waals surface area contributed by atoms with Crippen LogP contribution in [0.4, 0.5) is 0 Å². The molecular formula is C17H13BrN3O4S+. The van der Waals surface area contributed by atoms with Crippen LogP contribution in [0, 0.1) is 0 Å². The first-order chi connectivity index (χ1) is 12.6. The number of benzene rings is 1. The highest BCUT2D eigenvalue weighted by molar-refractivity contribution is 9.18. The number of nitrogens with two attached hydrogens (primary N) is 2. The fourth-order valence-electron chi connectivity index (χ4n) is 3.36. The molecule has 0 spiro atoms.